The second kappa shape index (κ2) is 4.15. The molecule has 3 heteroatoms. The van der Waals surface area contributed by atoms with Gasteiger partial charge in [-0.15, -0.1) is 0 Å². The molecule has 1 aromatic rings. The van der Waals surface area contributed by atoms with E-state index in [4.69, 9.17) is 4.74 Å². The van der Waals surface area contributed by atoms with Crippen LogP contribution in [0.15, 0.2) is 30.3 Å². The molecule has 1 aliphatic carbocycles. The standard InChI is InChI=1S/C16H20O3/c1-15(18)13(11-7-4-3-5-8-11)12-9-6-10-19-16(12,2)14(15)17/h3-5,7-8,12-13,18H,6,9-10H2,1-2H3/t12-,13-,15+,16-/m1/s1. The number of benzene rings is 1. The molecule has 19 heavy (non-hydrogen) atoms. The molecule has 1 saturated carbocycles. The third-order valence-electron chi connectivity index (χ3n) is 4.85. The van der Waals surface area contributed by atoms with Gasteiger partial charge in [-0.05, 0) is 32.3 Å². The summed E-state index contributed by atoms with van der Waals surface area (Å²) in [6.45, 7) is 4.09. The van der Waals surface area contributed by atoms with E-state index in [1.54, 1.807) is 6.92 Å². The third-order valence-corrected chi connectivity index (χ3v) is 4.85. The van der Waals surface area contributed by atoms with E-state index in [-0.39, 0.29) is 17.6 Å². The van der Waals surface area contributed by atoms with Crippen LogP contribution >= 0.6 is 0 Å². The zero-order valence-corrected chi connectivity index (χ0v) is 11.4. The number of carbonyl (C=O) groups is 1. The molecule has 3 nitrogen and oxygen atoms in total. The molecule has 3 rings (SSSR count). The predicted molar refractivity (Wildman–Crippen MR) is 71.9 cm³/mol. The summed E-state index contributed by atoms with van der Waals surface area (Å²) in [5, 5.41) is 10.7. The molecule has 0 radical (unpaired) electrons. The van der Waals surface area contributed by atoms with Crippen LogP contribution in [0.5, 0.6) is 0 Å². The van der Waals surface area contributed by atoms with Crippen molar-refractivity contribution in [3.05, 3.63) is 35.9 Å². The molecular formula is C16H20O3. The van der Waals surface area contributed by atoms with Crippen LogP contribution < -0.4 is 0 Å². The molecule has 2 fully saturated rings. The molecule has 0 unspecified atom stereocenters. The van der Waals surface area contributed by atoms with Crippen molar-refractivity contribution in [1.82, 2.24) is 0 Å². The molecule has 102 valence electrons. The van der Waals surface area contributed by atoms with E-state index in [2.05, 4.69) is 0 Å². The number of rotatable bonds is 1. The van der Waals surface area contributed by atoms with Gasteiger partial charge in [0.05, 0.1) is 0 Å². The molecule has 0 bridgehead atoms. The number of Topliss-reactive ketones (excluding diaryl/α,β-unsaturated/α-hetero) is 1. The summed E-state index contributed by atoms with van der Waals surface area (Å²) in [6.07, 6.45) is 1.88. The number of fused-ring (bicyclic) bond motifs is 1. The summed E-state index contributed by atoms with van der Waals surface area (Å²) >= 11 is 0. The van der Waals surface area contributed by atoms with E-state index >= 15 is 0 Å². The summed E-state index contributed by atoms with van der Waals surface area (Å²) in [4.78, 5) is 12.6. The Balaban J connectivity index is 2.10. The van der Waals surface area contributed by atoms with Gasteiger partial charge >= 0.3 is 0 Å². The van der Waals surface area contributed by atoms with Crippen molar-refractivity contribution in [1.29, 1.82) is 0 Å². The molecule has 1 saturated heterocycles. The minimum absolute atomic E-state index is 0.0612. The highest BCUT2D eigenvalue weighted by atomic mass is 16.5. The lowest BCUT2D eigenvalue weighted by Gasteiger charge is -2.36. The van der Waals surface area contributed by atoms with Crippen LogP contribution in [0.1, 0.15) is 38.2 Å². The Kier molecular flexibility index (Phi) is 2.80. The van der Waals surface area contributed by atoms with Gasteiger partial charge < -0.3 is 9.84 Å². The first-order valence-electron chi connectivity index (χ1n) is 6.94. The van der Waals surface area contributed by atoms with E-state index in [1.807, 2.05) is 37.3 Å². The van der Waals surface area contributed by atoms with E-state index in [1.165, 1.54) is 0 Å². The maximum Gasteiger partial charge on any atom is 0.196 e. The lowest BCUT2D eigenvalue weighted by Crippen LogP contribution is -2.47. The fourth-order valence-corrected chi connectivity index (χ4v) is 3.94. The van der Waals surface area contributed by atoms with Crippen LogP contribution in [-0.2, 0) is 9.53 Å². The Morgan fingerprint density at radius 1 is 1.26 bits per heavy atom. The van der Waals surface area contributed by atoms with E-state index in [0.717, 1.165) is 18.4 Å². The van der Waals surface area contributed by atoms with Gasteiger partial charge in [-0.2, -0.15) is 0 Å². The van der Waals surface area contributed by atoms with Crippen LogP contribution in [0.25, 0.3) is 0 Å². The number of aliphatic hydroxyl groups is 1. The van der Waals surface area contributed by atoms with Gasteiger partial charge in [0.15, 0.2) is 5.78 Å². The first-order chi connectivity index (χ1) is 8.98. The van der Waals surface area contributed by atoms with Crippen molar-refractivity contribution < 1.29 is 14.6 Å². The Bertz CT molecular complexity index is 494. The highest BCUT2D eigenvalue weighted by Gasteiger charge is 2.65. The van der Waals surface area contributed by atoms with Crippen molar-refractivity contribution in [2.24, 2.45) is 5.92 Å². The Labute approximate surface area is 113 Å². The highest BCUT2D eigenvalue weighted by Crippen LogP contribution is 2.54. The average molecular weight is 260 g/mol. The quantitative estimate of drug-likeness (QED) is 0.842. The third kappa shape index (κ3) is 1.68. The van der Waals surface area contributed by atoms with Gasteiger partial charge in [0.1, 0.15) is 11.2 Å². The molecule has 1 heterocycles. The van der Waals surface area contributed by atoms with Gasteiger partial charge in [0.25, 0.3) is 0 Å². The average Bonchev–Trinajstić information content (AvgIpc) is 2.56. The molecule has 0 aromatic heterocycles. The van der Waals surface area contributed by atoms with Crippen molar-refractivity contribution in [3.8, 4) is 0 Å². The van der Waals surface area contributed by atoms with Gasteiger partial charge in [-0.25, -0.2) is 0 Å². The van der Waals surface area contributed by atoms with E-state index in [0.29, 0.717) is 6.61 Å². The smallest absolute Gasteiger partial charge is 0.196 e. The molecule has 0 spiro atoms. The van der Waals surface area contributed by atoms with Crippen LogP contribution in [0.4, 0.5) is 0 Å². The van der Waals surface area contributed by atoms with Crippen molar-refractivity contribution >= 4 is 5.78 Å². The first-order valence-corrected chi connectivity index (χ1v) is 6.94. The fraction of sp³-hybridized carbons (Fsp3) is 0.562. The van der Waals surface area contributed by atoms with E-state index < -0.39 is 11.2 Å². The number of carbonyl (C=O) groups excluding carboxylic acids is 1. The summed E-state index contributed by atoms with van der Waals surface area (Å²) in [5.41, 5.74) is -1.15. The number of ether oxygens (including phenoxy) is 1. The molecule has 1 N–H and O–H groups in total. The maximum atomic E-state index is 12.6. The largest absolute Gasteiger partial charge is 0.382 e. The van der Waals surface area contributed by atoms with Gasteiger partial charge in [0.2, 0.25) is 0 Å². The topological polar surface area (TPSA) is 46.5 Å². The summed E-state index contributed by atoms with van der Waals surface area (Å²) < 4.78 is 5.78. The lowest BCUT2D eigenvalue weighted by molar-refractivity contribution is -0.156. The zero-order chi connectivity index (χ0) is 13.7. The predicted octanol–water partition coefficient (Wildman–Crippen LogP) is 2.29. The van der Waals surface area contributed by atoms with Crippen LogP contribution in [-0.4, -0.2) is 28.7 Å². The van der Waals surface area contributed by atoms with Crippen LogP contribution in [0.2, 0.25) is 0 Å². The molecule has 1 aliphatic heterocycles. The van der Waals surface area contributed by atoms with Gasteiger partial charge in [-0.1, -0.05) is 30.3 Å². The SMILES string of the molecule is C[C@@]12OCCC[C@@H]1[C@@H](c1ccccc1)[C@](C)(O)C2=O. The first kappa shape index (κ1) is 12.8. The maximum absolute atomic E-state index is 12.6. The minimum atomic E-state index is -1.34. The Morgan fingerprint density at radius 2 is 1.95 bits per heavy atom. The molecule has 4 atom stereocenters. The van der Waals surface area contributed by atoms with E-state index in [9.17, 15) is 9.90 Å². The number of ketones is 1. The van der Waals surface area contributed by atoms with Crippen LogP contribution in [0.3, 0.4) is 0 Å². The second-order valence-electron chi connectivity index (χ2n) is 6.07. The molecular weight excluding hydrogens is 240 g/mol. The van der Waals surface area contributed by atoms with Crippen LogP contribution in [0, 0.1) is 5.92 Å². The molecule has 1 aromatic carbocycles. The van der Waals surface area contributed by atoms with Crippen molar-refractivity contribution in [3.63, 3.8) is 0 Å². The summed E-state index contributed by atoms with van der Waals surface area (Å²) in [6, 6.07) is 9.84. The lowest BCUT2D eigenvalue weighted by atomic mass is 9.76. The highest BCUT2D eigenvalue weighted by molar-refractivity contribution is 5.98. The molecule has 2 aliphatic rings. The van der Waals surface area contributed by atoms with Gasteiger partial charge in [-0.3, -0.25) is 4.79 Å². The minimum Gasteiger partial charge on any atom is -0.382 e. The Morgan fingerprint density at radius 3 is 2.63 bits per heavy atom. The van der Waals surface area contributed by atoms with Crippen molar-refractivity contribution in [2.75, 3.05) is 6.61 Å². The number of hydrogen-bond donors (Lipinski definition) is 1. The molecule has 0 amide bonds. The van der Waals surface area contributed by atoms with Gasteiger partial charge in [0, 0.05) is 18.4 Å². The zero-order valence-electron chi connectivity index (χ0n) is 11.4. The summed E-state index contributed by atoms with van der Waals surface area (Å²) in [5.74, 6) is -0.281. The van der Waals surface area contributed by atoms with Crippen molar-refractivity contribution in [2.45, 2.75) is 43.8 Å². The Hall–Kier alpha value is -1.19. The normalized spacial score (nSPS) is 42.2. The summed E-state index contributed by atoms with van der Waals surface area (Å²) in [7, 11) is 0. The monoisotopic (exact) mass is 260 g/mol. The number of hydrogen-bond acceptors (Lipinski definition) is 3. The second-order valence-corrected chi connectivity index (χ2v) is 6.07. The fourth-order valence-electron chi connectivity index (χ4n) is 3.94.